The van der Waals surface area contributed by atoms with Crippen LogP contribution >= 0.6 is 0 Å². The summed E-state index contributed by atoms with van der Waals surface area (Å²) in [5, 5.41) is 9.04. The Labute approximate surface area is 234 Å². The lowest BCUT2D eigenvalue weighted by Crippen LogP contribution is -2.43. The van der Waals surface area contributed by atoms with Crippen molar-refractivity contribution in [2.75, 3.05) is 13.7 Å². The first-order valence-electron chi connectivity index (χ1n) is 13.1. The number of nitrogens with zero attached hydrogens (tertiary/aromatic N) is 1. The molecule has 4 aromatic rings. The number of ether oxygens (including phenoxy) is 3. The molecule has 2 amide bonds. The van der Waals surface area contributed by atoms with E-state index in [0.29, 0.717) is 30.5 Å². The number of fused-ring (bicyclic) bond motifs is 1. The second-order valence-electron chi connectivity index (χ2n) is 9.11. The van der Waals surface area contributed by atoms with Crippen molar-refractivity contribution in [1.29, 1.82) is 0 Å². The van der Waals surface area contributed by atoms with E-state index in [9.17, 15) is 9.59 Å². The largest absolute Gasteiger partial charge is 0.497 e. The second kappa shape index (κ2) is 13.8. The van der Waals surface area contributed by atoms with Gasteiger partial charge in [-0.1, -0.05) is 54.6 Å². The lowest BCUT2D eigenvalue weighted by atomic mass is 10.1. The highest BCUT2D eigenvalue weighted by Crippen LogP contribution is 2.30. The topological polar surface area (TPSA) is 98.2 Å². The van der Waals surface area contributed by atoms with Gasteiger partial charge >= 0.3 is 0 Å². The molecule has 8 heteroatoms. The van der Waals surface area contributed by atoms with E-state index >= 15 is 0 Å². The van der Waals surface area contributed by atoms with Gasteiger partial charge in [0.25, 0.3) is 5.91 Å². The number of amides is 2. The maximum Gasteiger partial charge on any atom is 0.262 e. The summed E-state index contributed by atoms with van der Waals surface area (Å²) in [5.74, 6) is 1.21. The van der Waals surface area contributed by atoms with Gasteiger partial charge in [-0.3, -0.25) is 9.59 Å². The Balaban J connectivity index is 1.32. The number of hydrazone groups is 1. The fourth-order valence-corrected chi connectivity index (χ4v) is 4.12. The summed E-state index contributed by atoms with van der Waals surface area (Å²) in [4.78, 5) is 24.8. The molecule has 4 rings (SSSR count). The van der Waals surface area contributed by atoms with Gasteiger partial charge in [0.2, 0.25) is 5.91 Å². The quantitative estimate of drug-likeness (QED) is 0.195. The van der Waals surface area contributed by atoms with Crippen LogP contribution in [0, 0.1) is 0 Å². The number of carbonyl (C=O) groups is 2. The Kier molecular flexibility index (Phi) is 9.72. The molecule has 0 aliphatic heterocycles. The molecular formula is C32H33N3O5. The van der Waals surface area contributed by atoms with Gasteiger partial charge in [0.15, 0.2) is 11.5 Å². The molecule has 0 saturated carbocycles. The fraction of sp³-hybridized carbons (Fsp3) is 0.219. The van der Waals surface area contributed by atoms with Crippen molar-refractivity contribution in [3.8, 4) is 17.2 Å². The maximum atomic E-state index is 12.4. The number of nitrogens with one attached hydrogen (secondary N) is 2. The predicted molar refractivity (Wildman–Crippen MR) is 156 cm³/mol. The van der Waals surface area contributed by atoms with Gasteiger partial charge in [-0.2, -0.15) is 5.10 Å². The number of methoxy groups -OCH3 is 1. The van der Waals surface area contributed by atoms with Gasteiger partial charge in [-0.15, -0.1) is 0 Å². The first-order valence-corrected chi connectivity index (χ1v) is 13.1. The molecule has 1 unspecified atom stereocenters. The highest BCUT2D eigenvalue weighted by molar-refractivity contribution is 5.89. The molecule has 1 atom stereocenters. The van der Waals surface area contributed by atoms with Gasteiger partial charge < -0.3 is 19.5 Å². The smallest absolute Gasteiger partial charge is 0.262 e. The molecule has 0 fully saturated rings. The normalized spacial score (nSPS) is 11.7. The van der Waals surface area contributed by atoms with Gasteiger partial charge in [0.1, 0.15) is 18.4 Å². The molecule has 40 heavy (non-hydrogen) atoms. The minimum absolute atomic E-state index is 0.153. The maximum absolute atomic E-state index is 12.4. The van der Waals surface area contributed by atoms with Crippen LogP contribution in [0.1, 0.15) is 30.5 Å². The SMILES string of the molecule is CCOc1cc(C=NNC(=O)C(C)NC(=O)Cc2ccc(OC)cc2)ccc1OCc1cccc2ccccc12. The van der Waals surface area contributed by atoms with Gasteiger partial charge in [0.05, 0.1) is 26.4 Å². The average Bonchev–Trinajstić information content (AvgIpc) is 2.97. The van der Waals surface area contributed by atoms with E-state index in [1.807, 2.05) is 49.4 Å². The van der Waals surface area contributed by atoms with Crippen LogP contribution in [0.15, 0.2) is 90.0 Å². The zero-order valence-corrected chi connectivity index (χ0v) is 22.8. The third kappa shape index (κ3) is 7.60. The molecule has 0 heterocycles. The summed E-state index contributed by atoms with van der Waals surface area (Å²) in [7, 11) is 1.58. The summed E-state index contributed by atoms with van der Waals surface area (Å²) in [6, 6.07) is 26.2. The molecule has 8 nitrogen and oxygen atoms in total. The van der Waals surface area contributed by atoms with Crippen molar-refractivity contribution in [2.45, 2.75) is 32.9 Å². The zero-order valence-electron chi connectivity index (χ0n) is 22.8. The third-order valence-corrected chi connectivity index (χ3v) is 6.21. The average molecular weight is 540 g/mol. The van der Waals surface area contributed by atoms with Crippen LogP contribution in [-0.2, 0) is 22.6 Å². The first-order chi connectivity index (χ1) is 19.5. The third-order valence-electron chi connectivity index (χ3n) is 6.21. The lowest BCUT2D eigenvalue weighted by Gasteiger charge is -2.14. The van der Waals surface area contributed by atoms with Gasteiger partial charge in [-0.25, -0.2) is 5.43 Å². The molecule has 0 saturated heterocycles. The van der Waals surface area contributed by atoms with E-state index in [4.69, 9.17) is 14.2 Å². The molecular weight excluding hydrogens is 506 g/mol. The zero-order chi connectivity index (χ0) is 28.3. The highest BCUT2D eigenvalue weighted by Gasteiger charge is 2.15. The van der Waals surface area contributed by atoms with Crippen molar-refractivity contribution in [1.82, 2.24) is 10.7 Å². The van der Waals surface area contributed by atoms with E-state index in [1.165, 1.54) is 6.21 Å². The summed E-state index contributed by atoms with van der Waals surface area (Å²) >= 11 is 0. The lowest BCUT2D eigenvalue weighted by molar-refractivity contribution is -0.128. The fourth-order valence-electron chi connectivity index (χ4n) is 4.12. The van der Waals surface area contributed by atoms with E-state index in [-0.39, 0.29) is 12.3 Å². The number of hydrogen-bond donors (Lipinski definition) is 2. The van der Waals surface area contributed by atoms with Crippen LogP contribution < -0.4 is 25.0 Å². The molecule has 0 spiro atoms. The van der Waals surface area contributed by atoms with Crippen LogP contribution in [0.2, 0.25) is 0 Å². The van der Waals surface area contributed by atoms with E-state index < -0.39 is 11.9 Å². The number of hydrogen-bond acceptors (Lipinski definition) is 6. The molecule has 0 aliphatic carbocycles. The summed E-state index contributed by atoms with van der Waals surface area (Å²) in [5.41, 5.74) is 5.09. The standard InChI is InChI=1S/C32H33N3O5/c1-4-39-30-18-24(14-17-29(30)40-21-26-10-7-9-25-8-5-6-11-28(25)26)20-33-35-32(37)22(2)34-31(36)19-23-12-15-27(38-3)16-13-23/h5-18,20,22H,4,19,21H2,1-3H3,(H,34,36)(H,35,37). The van der Waals surface area contributed by atoms with E-state index in [0.717, 1.165) is 27.5 Å². The van der Waals surface area contributed by atoms with Crippen LogP contribution in [0.25, 0.3) is 10.8 Å². The monoisotopic (exact) mass is 539 g/mol. The number of carbonyl (C=O) groups excluding carboxylic acids is 2. The Bertz CT molecular complexity index is 1480. The number of benzene rings is 4. The summed E-state index contributed by atoms with van der Waals surface area (Å²) in [6.07, 6.45) is 1.67. The van der Waals surface area contributed by atoms with Crippen molar-refractivity contribution in [2.24, 2.45) is 5.10 Å². The molecule has 2 N–H and O–H groups in total. The Morgan fingerprint density at radius 2 is 1.70 bits per heavy atom. The molecule has 0 aliphatic rings. The summed E-state index contributed by atoms with van der Waals surface area (Å²) in [6.45, 7) is 4.37. The van der Waals surface area contributed by atoms with Gasteiger partial charge in [-0.05, 0) is 71.6 Å². The number of rotatable bonds is 12. The van der Waals surface area contributed by atoms with Crippen molar-refractivity contribution >= 4 is 28.8 Å². The van der Waals surface area contributed by atoms with Gasteiger partial charge in [0, 0.05) is 0 Å². The Hall–Kier alpha value is -4.85. The van der Waals surface area contributed by atoms with Crippen LogP contribution in [0.3, 0.4) is 0 Å². The highest BCUT2D eigenvalue weighted by atomic mass is 16.5. The molecule has 0 radical (unpaired) electrons. The Morgan fingerprint density at radius 1 is 0.925 bits per heavy atom. The Morgan fingerprint density at radius 3 is 2.48 bits per heavy atom. The van der Waals surface area contributed by atoms with Crippen LogP contribution in [-0.4, -0.2) is 37.8 Å². The molecule has 206 valence electrons. The van der Waals surface area contributed by atoms with E-state index in [2.05, 4.69) is 40.1 Å². The minimum Gasteiger partial charge on any atom is -0.497 e. The first kappa shape index (κ1) is 28.2. The van der Waals surface area contributed by atoms with Crippen LogP contribution in [0.4, 0.5) is 0 Å². The van der Waals surface area contributed by atoms with Crippen LogP contribution in [0.5, 0.6) is 17.2 Å². The molecule has 4 aromatic carbocycles. The van der Waals surface area contributed by atoms with Crippen molar-refractivity contribution in [3.05, 3.63) is 102 Å². The van der Waals surface area contributed by atoms with Crippen molar-refractivity contribution < 1.29 is 23.8 Å². The van der Waals surface area contributed by atoms with E-state index in [1.54, 1.807) is 32.2 Å². The molecule has 0 aromatic heterocycles. The minimum atomic E-state index is -0.758. The summed E-state index contributed by atoms with van der Waals surface area (Å²) < 4.78 is 17.0. The molecule has 0 bridgehead atoms. The second-order valence-corrected chi connectivity index (χ2v) is 9.11. The van der Waals surface area contributed by atoms with Crippen molar-refractivity contribution in [3.63, 3.8) is 0 Å². The predicted octanol–water partition coefficient (Wildman–Crippen LogP) is 5.02.